The predicted octanol–water partition coefficient (Wildman–Crippen LogP) is 2.70. The van der Waals surface area contributed by atoms with Gasteiger partial charge in [0.1, 0.15) is 12.4 Å². The van der Waals surface area contributed by atoms with Crippen molar-refractivity contribution in [3.63, 3.8) is 0 Å². The van der Waals surface area contributed by atoms with Crippen molar-refractivity contribution >= 4 is 5.91 Å². The molecule has 0 radical (unpaired) electrons. The molecular weight excluding hydrogens is 366 g/mol. The van der Waals surface area contributed by atoms with Crippen LogP contribution in [0, 0.1) is 5.92 Å². The van der Waals surface area contributed by atoms with Gasteiger partial charge in [-0.1, -0.05) is 42.7 Å². The van der Waals surface area contributed by atoms with Crippen LogP contribution >= 0.6 is 0 Å². The maximum Gasteiger partial charge on any atom is 0.276 e. The number of para-hydroxylation sites is 1. The van der Waals surface area contributed by atoms with Crippen molar-refractivity contribution in [1.82, 2.24) is 24.8 Å². The molecule has 1 aliphatic heterocycles. The largest absolute Gasteiger partial charge is 0.492 e. The lowest BCUT2D eigenvalue weighted by Crippen LogP contribution is -2.49. The van der Waals surface area contributed by atoms with Crippen molar-refractivity contribution in [1.29, 1.82) is 0 Å². The Morgan fingerprint density at radius 1 is 1.03 bits per heavy atom. The first-order valence-corrected chi connectivity index (χ1v) is 10.9. The summed E-state index contributed by atoms with van der Waals surface area (Å²) < 4.78 is 7.64. The Hall–Kier alpha value is -2.41. The number of carbonyl (C=O) groups is 1. The number of amides is 1. The van der Waals surface area contributed by atoms with E-state index in [2.05, 4.69) is 15.2 Å². The zero-order valence-corrected chi connectivity index (χ0v) is 17.1. The summed E-state index contributed by atoms with van der Waals surface area (Å²) >= 11 is 0. The van der Waals surface area contributed by atoms with Crippen molar-refractivity contribution in [2.75, 3.05) is 39.3 Å². The number of hydrogen-bond acceptors (Lipinski definition) is 5. The molecule has 0 N–H and O–H groups in total. The van der Waals surface area contributed by atoms with Gasteiger partial charge < -0.3 is 9.64 Å². The first-order valence-electron chi connectivity index (χ1n) is 10.9. The van der Waals surface area contributed by atoms with Crippen LogP contribution in [0.4, 0.5) is 0 Å². The maximum atomic E-state index is 12.8. The van der Waals surface area contributed by atoms with Crippen LogP contribution in [-0.2, 0) is 6.54 Å². The van der Waals surface area contributed by atoms with E-state index in [1.54, 1.807) is 0 Å². The molecule has 7 nitrogen and oxygen atoms in total. The number of carbonyl (C=O) groups excluding carboxylic acids is 1. The minimum atomic E-state index is 0.0000738. The highest BCUT2D eigenvalue weighted by Crippen LogP contribution is 2.24. The molecule has 0 spiro atoms. The number of aromatic nitrogens is 3. The monoisotopic (exact) mass is 397 g/mol. The van der Waals surface area contributed by atoms with Gasteiger partial charge in [-0.15, -0.1) is 5.10 Å². The average Bonchev–Trinajstić information content (AvgIpc) is 3.24. The molecule has 2 aliphatic rings. The Labute approximate surface area is 172 Å². The first kappa shape index (κ1) is 19.9. The maximum absolute atomic E-state index is 12.8. The van der Waals surface area contributed by atoms with E-state index < -0.39 is 0 Å². The quantitative estimate of drug-likeness (QED) is 0.719. The molecule has 1 saturated heterocycles. The van der Waals surface area contributed by atoms with Crippen molar-refractivity contribution in [3.05, 3.63) is 42.2 Å². The third kappa shape index (κ3) is 5.56. The fourth-order valence-corrected chi connectivity index (χ4v) is 4.27. The minimum Gasteiger partial charge on any atom is -0.492 e. The number of ether oxygens (including phenoxy) is 1. The van der Waals surface area contributed by atoms with Crippen LogP contribution in [-0.4, -0.2) is 70.0 Å². The normalized spacial score (nSPS) is 18.7. The molecule has 0 unspecified atom stereocenters. The molecule has 0 bridgehead atoms. The molecule has 1 amide bonds. The third-order valence-electron chi connectivity index (χ3n) is 6.01. The van der Waals surface area contributed by atoms with Gasteiger partial charge >= 0.3 is 0 Å². The number of piperazine rings is 1. The highest BCUT2D eigenvalue weighted by atomic mass is 16.5. The second-order valence-corrected chi connectivity index (χ2v) is 8.13. The fourth-order valence-electron chi connectivity index (χ4n) is 4.27. The smallest absolute Gasteiger partial charge is 0.276 e. The number of benzene rings is 1. The molecule has 1 aromatic heterocycles. The van der Waals surface area contributed by atoms with Crippen LogP contribution in [0.3, 0.4) is 0 Å². The van der Waals surface area contributed by atoms with Crippen LogP contribution < -0.4 is 4.74 Å². The summed E-state index contributed by atoms with van der Waals surface area (Å²) in [4.78, 5) is 17.0. The Bertz CT molecular complexity index is 765. The number of rotatable bonds is 7. The standard InChI is InChI=1S/C22H31N5O2/c28-22(21-18-27(24-23-21)17-19-7-3-1-4-8-19)26-13-11-25(12-14-26)15-16-29-20-9-5-2-6-10-20/h2,5-6,9-10,18-19H,1,3-4,7-8,11-17H2. The zero-order chi connectivity index (χ0) is 19.9. The summed E-state index contributed by atoms with van der Waals surface area (Å²) in [6.07, 6.45) is 8.33. The van der Waals surface area contributed by atoms with Crippen molar-refractivity contribution < 1.29 is 9.53 Å². The van der Waals surface area contributed by atoms with Gasteiger partial charge in [0, 0.05) is 39.3 Å². The van der Waals surface area contributed by atoms with Crippen LogP contribution in [0.5, 0.6) is 5.75 Å². The van der Waals surface area contributed by atoms with Crippen molar-refractivity contribution in [3.8, 4) is 5.75 Å². The van der Waals surface area contributed by atoms with Crippen LogP contribution in [0.2, 0.25) is 0 Å². The Balaban J connectivity index is 1.20. The van der Waals surface area contributed by atoms with E-state index in [9.17, 15) is 4.79 Å². The molecular formula is C22H31N5O2. The molecule has 1 aliphatic carbocycles. The van der Waals surface area contributed by atoms with Crippen LogP contribution in [0.25, 0.3) is 0 Å². The summed E-state index contributed by atoms with van der Waals surface area (Å²) in [6, 6.07) is 9.88. The van der Waals surface area contributed by atoms with Gasteiger partial charge in [-0.05, 0) is 30.9 Å². The first-order chi connectivity index (χ1) is 14.3. The Morgan fingerprint density at radius 3 is 2.55 bits per heavy atom. The van der Waals surface area contributed by atoms with Gasteiger partial charge in [0.25, 0.3) is 5.91 Å². The molecule has 1 aromatic carbocycles. The molecule has 156 valence electrons. The van der Waals surface area contributed by atoms with Crippen molar-refractivity contribution in [2.45, 2.75) is 38.6 Å². The summed E-state index contributed by atoms with van der Waals surface area (Å²) in [5.41, 5.74) is 0.474. The second kappa shape index (κ2) is 9.87. The number of hydrogen-bond donors (Lipinski definition) is 0. The lowest BCUT2D eigenvalue weighted by Gasteiger charge is -2.34. The highest BCUT2D eigenvalue weighted by Gasteiger charge is 2.24. The van der Waals surface area contributed by atoms with Gasteiger partial charge in [0.2, 0.25) is 0 Å². The summed E-state index contributed by atoms with van der Waals surface area (Å²) in [5, 5.41) is 8.35. The minimum absolute atomic E-state index is 0.0000738. The Morgan fingerprint density at radius 2 is 1.79 bits per heavy atom. The zero-order valence-electron chi connectivity index (χ0n) is 17.1. The molecule has 2 aromatic rings. The topological polar surface area (TPSA) is 63.5 Å². The van der Waals surface area contributed by atoms with E-state index in [1.165, 1.54) is 32.1 Å². The van der Waals surface area contributed by atoms with Gasteiger partial charge in [0.05, 0.1) is 6.20 Å². The molecule has 7 heteroatoms. The van der Waals surface area contributed by atoms with E-state index >= 15 is 0 Å². The summed E-state index contributed by atoms with van der Waals surface area (Å²) in [7, 11) is 0. The molecule has 2 heterocycles. The van der Waals surface area contributed by atoms with Gasteiger partial charge in [-0.3, -0.25) is 14.4 Å². The van der Waals surface area contributed by atoms with E-state index in [1.807, 2.05) is 46.1 Å². The van der Waals surface area contributed by atoms with E-state index in [0.29, 0.717) is 18.2 Å². The average molecular weight is 398 g/mol. The third-order valence-corrected chi connectivity index (χ3v) is 6.01. The summed E-state index contributed by atoms with van der Waals surface area (Å²) in [6.45, 7) is 5.58. The van der Waals surface area contributed by atoms with E-state index in [4.69, 9.17) is 4.74 Å². The van der Waals surface area contributed by atoms with Crippen LogP contribution in [0.1, 0.15) is 42.6 Å². The lowest BCUT2D eigenvalue weighted by molar-refractivity contribution is 0.0614. The fraction of sp³-hybridized carbons (Fsp3) is 0.591. The number of nitrogens with zero attached hydrogens (tertiary/aromatic N) is 5. The molecule has 2 fully saturated rings. The van der Waals surface area contributed by atoms with Gasteiger partial charge in [-0.25, -0.2) is 0 Å². The molecule has 4 rings (SSSR count). The van der Waals surface area contributed by atoms with Gasteiger partial charge in [-0.2, -0.15) is 0 Å². The SMILES string of the molecule is O=C(c1cn(CC2CCCCC2)nn1)N1CCN(CCOc2ccccc2)CC1. The van der Waals surface area contributed by atoms with E-state index in [0.717, 1.165) is 45.0 Å². The Kier molecular flexibility index (Phi) is 6.77. The molecule has 1 saturated carbocycles. The molecule has 0 atom stereocenters. The predicted molar refractivity (Wildman–Crippen MR) is 111 cm³/mol. The second-order valence-electron chi connectivity index (χ2n) is 8.13. The van der Waals surface area contributed by atoms with Crippen molar-refractivity contribution in [2.24, 2.45) is 5.92 Å². The summed E-state index contributed by atoms with van der Waals surface area (Å²) in [5.74, 6) is 1.58. The molecule has 29 heavy (non-hydrogen) atoms. The van der Waals surface area contributed by atoms with Gasteiger partial charge in [0.15, 0.2) is 5.69 Å². The van der Waals surface area contributed by atoms with E-state index in [-0.39, 0.29) is 5.91 Å². The lowest BCUT2D eigenvalue weighted by atomic mass is 9.89. The highest BCUT2D eigenvalue weighted by molar-refractivity contribution is 5.92. The van der Waals surface area contributed by atoms with Crippen LogP contribution in [0.15, 0.2) is 36.5 Å².